The second-order valence-electron chi connectivity index (χ2n) is 7.15. The van der Waals surface area contributed by atoms with Crippen LogP contribution in [0, 0.1) is 0 Å². The minimum absolute atomic E-state index is 0.139. The van der Waals surface area contributed by atoms with E-state index < -0.39 is 11.8 Å². The van der Waals surface area contributed by atoms with E-state index in [9.17, 15) is 14.4 Å². The SMILES string of the molecule is COc1ccc(NC(=O)c2ccc(NC3=C(c4ccc(OC)cc4)C(=O)NC3=O)cc2)cc1. The molecule has 0 bridgehead atoms. The summed E-state index contributed by atoms with van der Waals surface area (Å²) in [6.07, 6.45) is 0. The van der Waals surface area contributed by atoms with Gasteiger partial charge in [-0.1, -0.05) is 12.1 Å². The highest BCUT2D eigenvalue weighted by molar-refractivity contribution is 6.36. The highest BCUT2D eigenvalue weighted by Crippen LogP contribution is 2.27. The largest absolute Gasteiger partial charge is 0.497 e. The molecule has 0 saturated heterocycles. The van der Waals surface area contributed by atoms with Gasteiger partial charge < -0.3 is 20.1 Å². The van der Waals surface area contributed by atoms with Crippen LogP contribution in [0.15, 0.2) is 78.5 Å². The van der Waals surface area contributed by atoms with Crippen molar-refractivity contribution in [2.75, 3.05) is 24.9 Å². The topological polar surface area (TPSA) is 106 Å². The number of methoxy groups -OCH3 is 2. The number of nitrogens with one attached hydrogen (secondary N) is 3. The molecule has 0 aromatic heterocycles. The fourth-order valence-corrected chi connectivity index (χ4v) is 3.33. The van der Waals surface area contributed by atoms with Gasteiger partial charge in [0.25, 0.3) is 17.7 Å². The summed E-state index contributed by atoms with van der Waals surface area (Å²) < 4.78 is 10.3. The molecular weight excluding hydrogens is 422 g/mol. The predicted molar refractivity (Wildman–Crippen MR) is 124 cm³/mol. The number of imide groups is 1. The van der Waals surface area contributed by atoms with Gasteiger partial charge in [0.1, 0.15) is 17.2 Å². The summed E-state index contributed by atoms with van der Waals surface area (Å²) in [5.41, 5.74) is 2.59. The van der Waals surface area contributed by atoms with E-state index in [-0.39, 0.29) is 17.2 Å². The number of hydrogen-bond donors (Lipinski definition) is 3. The second kappa shape index (κ2) is 9.27. The van der Waals surface area contributed by atoms with Gasteiger partial charge in [-0.15, -0.1) is 0 Å². The van der Waals surface area contributed by atoms with Gasteiger partial charge in [-0.25, -0.2) is 0 Å². The van der Waals surface area contributed by atoms with Gasteiger partial charge >= 0.3 is 0 Å². The lowest BCUT2D eigenvalue weighted by molar-refractivity contribution is -0.123. The Hall–Kier alpha value is -4.59. The van der Waals surface area contributed by atoms with Gasteiger partial charge in [0, 0.05) is 16.9 Å². The molecule has 0 spiro atoms. The molecule has 166 valence electrons. The molecular formula is C25H21N3O5. The second-order valence-corrected chi connectivity index (χ2v) is 7.15. The zero-order chi connectivity index (χ0) is 23.4. The average molecular weight is 443 g/mol. The molecule has 0 unspecified atom stereocenters. The third-order valence-corrected chi connectivity index (χ3v) is 5.07. The van der Waals surface area contributed by atoms with E-state index >= 15 is 0 Å². The lowest BCUT2D eigenvalue weighted by Gasteiger charge is -2.10. The van der Waals surface area contributed by atoms with Crippen molar-refractivity contribution in [1.82, 2.24) is 5.32 Å². The van der Waals surface area contributed by atoms with Crippen LogP contribution in [0.1, 0.15) is 15.9 Å². The molecule has 0 radical (unpaired) electrons. The molecule has 0 fully saturated rings. The summed E-state index contributed by atoms with van der Waals surface area (Å²) >= 11 is 0. The smallest absolute Gasteiger partial charge is 0.275 e. The highest BCUT2D eigenvalue weighted by Gasteiger charge is 2.31. The van der Waals surface area contributed by atoms with Crippen LogP contribution in [0.3, 0.4) is 0 Å². The van der Waals surface area contributed by atoms with Crippen LogP contribution in [-0.2, 0) is 9.59 Å². The van der Waals surface area contributed by atoms with Gasteiger partial charge in [-0.05, 0) is 66.2 Å². The number of carbonyl (C=O) groups excluding carboxylic acids is 3. The lowest BCUT2D eigenvalue weighted by Crippen LogP contribution is -2.24. The van der Waals surface area contributed by atoms with Gasteiger partial charge in [0.2, 0.25) is 0 Å². The summed E-state index contributed by atoms with van der Waals surface area (Å²) in [6.45, 7) is 0. The molecule has 0 atom stereocenters. The molecule has 3 N–H and O–H groups in total. The van der Waals surface area contributed by atoms with Crippen LogP contribution in [-0.4, -0.2) is 31.9 Å². The Morgan fingerprint density at radius 1 is 0.727 bits per heavy atom. The molecule has 8 nitrogen and oxygen atoms in total. The number of rotatable bonds is 7. The normalized spacial score (nSPS) is 12.9. The van der Waals surface area contributed by atoms with E-state index in [0.29, 0.717) is 34.0 Å². The average Bonchev–Trinajstić information content (AvgIpc) is 3.12. The Kier molecular flexibility index (Phi) is 6.08. The third-order valence-electron chi connectivity index (χ3n) is 5.07. The van der Waals surface area contributed by atoms with Gasteiger partial charge in [-0.3, -0.25) is 19.7 Å². The zero-order valence-corrected chi connectivity index (χ0v) is 18.0. The molecule has 1 aliphatic heterocycles. The van der Waals surface area contributed by atoms with Crippen molar-refractivity contribution in [1.29, 1.82) is 0 Å². The van der Waals surface area contributed by atoms with Gasteiger partial charge in [0.15, 0.2) is 0 Å². The van der Waals surface area contributed by atoms with Crippen molar-refractivity contribution in [3.63, 3.8) is 0 Å². The first-order valence-electron chi connectivity index (χ1n) is 10.1. The molecule has 1 aliphatic rings. The molecule has 0 aliphatic carbocycles. The maximum atomic E-state index is 12.5. The van der Waals surface area contributed by atoms with Crippen LogP contribution < -0.4 is 25.4 Å². The number of ether oxygens (including phenoxy) is 2. The molecule has 8 heteroatoms. The van der Waals surface area contributed by atoms with Crippen LogP contribution in [0.4, 0.5) is 11.4 Å². The first kappa shape index (κ1) is 21.6. The van der Waals surface area contributed by atoms with Crippen LogP contribution in [0.2, 0.25) is 0 Å². The Morgan fingerprint density at radius 2 is 1.27 bits per heavy atom. The number of benzene rings is 3. The molecule has 3 aromatic carbocycles. The fraction of sp³-hybridized carbons (Fsp3) is 0.0800. The van der Waals surface area contributed by atoms with Crippen molar-refractivity contribution in [2.24, 2.45) is 0 Å². The summed E-state index contributed by atoms with van der Waals surface area (Å²) in [6, 6.07) is 20.4. The fourth-order valence-electron chi connectivity index (χ4n) is 3.33. The monoisotopic (exact) mass is 443 g/mol. The van der Waals surface area contributed by atoms with Crippen LogP contribution in [0.5, 0.6) is 11.5 Å². The van der Waals surface area contributed by atoms with E-state index in [1.807, 2.05) is 0 Å². The summed E-state index contributed by atoms with van der Waals surface area (Å²) in [7, 11) is 3.12. The molecule has 4 rings (SSSR count). The van der Waals surface area contributed by atoms with E-state index in [1.165, 1.54) is 0 Å². The quantitative estimate of drug-likeness (QED) is 0.483. The number of amides is 3. The minimum Gasteiger partial charge on any atom is -0.497 e. The Balaban J connectivity index is 1.51. The molecule has 3 aromatic rings. The van der Waals surface area contributed by atoms with Crippen LogP contribution >= 0.6 is 0 Å². The van der Waals surface area contributed by atoms with Gasteiger partial charge in [0.05, 0.1) is 19.8 Å². The Morgan fingerprint density at radius 3 is 1.85 bits per heavy atom. The highest BCUT2D eigenvalue weighted by atomic mass is 16.5. The van der Waals surface area contributed by atoms with E-state index in [2.05, 4.69) is 16.0 Å². The number of carbonyl (C=O) groups is 3. The van der Waals surface area contributed by atoms with E-state index in [4.69, 9.17) is 9.47 Å². The van der Waals surface area contributed by atoms with Crippen molar-refractivity contribution in [3.8, 4) is 11.5 Å². The number of anilines is 2. The summed E-state index contributed by atoms with van der Waals surface area (Å²) in [4.78, 5) is 37.3. The Bertz CT molecular complexity index is 1230. The number of hydrogen-bond acceptors (Lipinski definition) is 6. The first-order chi connectivity index (χ1) is 16.0. The maximum absolute atomic E-state index is 12.5. The summed E-state index contributed by atoms with van der Waals surface area (Å²) in [5, 5.41) is 8.12. The molecule has 33 heavy (non-hydrogen) atoms. The van der Waals surface area contributed by atoms with Crippen LogP contribution in [0.25, 0.3) is 5.57 Å². The minimum atomic E-state index is -0.521. The molecule has 3 amide bonds. The first-order valence-corrected chi connectivity index (χ1v) is 10.1. The van der Waals surface area contributed by atoms with Gasteiger partial charge in [-0.2, -0.15) is 0 Å². The van der Waals surface area contributed by atoms with Crippen molar-refractivity contribution >= 4 is 34.7 Å². The third kappa shape index (κ3) is 4.69. The van der Waals surface area contributed by atoms with Crippen molar-refractivity contribution in [3.05, 3.63) is 89.6 Å². The molecule has 1 heterocycles. The van der Waals surface area contributed by atoms with Crippen molar-refractivity contribution < 1.29 is 23.9 Å². The summed E-state index contributed by atoms with van der Waals surface area (Å²) in [5.74, 6) is 0.0530. The van der Waals surface area contributed by atoms with Crippen molar-refractivity contribution in [2.45, 2.75) is 0 Å². The maximum Gasteiger partial charge on any atom is 0.275 e. The lowest BCUT2D eigenvalue weighted by atomic mass is 10.0. The van der Waals surface area contributed by atoms with E-state index in [1.54, 1.807) is 87.0 Å². The zero-order valence-electron chi connectivity index (χ0n) is 18.0. The van der Waals surface area contributed by atoms with E-state index in [0.717, 1.165) is 0 Å². The predicted octanol–water partition coefficient (Wildman–Crippen LogP) is 3.44. The Labute approximate surface area is 190 Å². The standard InChI is InChI=1S/C25H21N3O5/c1-32-19-11-5-15(6-12-19)21-22(25(31)28-24(21)30)26-17-7-3-16(4-8-17)23(29)27-18-9-13-20(33-2)14-10-18/h3-14H,1-2H3,(H,27,29)(H2,26,28,30,31). The molecule has 0 saturated carbocycles.